The van der Waals surface area contributed by atoms with Crippen LogP contribution in [0.4, 0.5) is 5.69 Å². The molecule has 3 rings (SSSR count). The number of amides is 2. The van der Waals surface area contributed by atoms with E-state index in [1.165, 1.54) is 0 Å². The second kappa shape index (κ2) is 6.79. The fourth-order valence-electron chi connectivity index (χ4n) is 2.38. The zero-order chi connectivity index (χ0) is 17.2. The summed E-state index contributed by atoms with van der Waals surface area (Å²) in [6.45, 7) is 0.333. The Bertz CT molecular complexity index is 777. The zero-order valence-electron chi connectivity index (χ0n) is 12.7. The highest BCUT2D eigenvalue weighted by atomic mass is 35.5. The molecule has 1 aliphatic carbocycles. The van der Waals surface area contributed by atoms with Crippen LogP contribution in [-0.2, 0) is 16.1 Å². The number of benzene rings is 1. The molecule has 24 heavy (non-hydrogen) atoms. The van der Waals surface area contributed by atoms with Crippen LogP contribution in [0.1, 0.15) is 18.4 Å². The quantitative estimate of drug-likeness (QED) is 0.799. The molecule has 2 N–H and O–H groups in total. The molecule has 1 heterocycles. The average Bonchev–Trinajstić information content (AvgIpc) is 3.40. The normalized spacial score (nSPS) is 14.8. The number of carbonyl (C=O) groups is 2. The first-order valence-corrected chi connectivity index (χ1v) is 8.21. The van der Waals surface area contributed by atoms with Crippen molar-refractivity contribution in [3.63, 3.8) is 0 Å². The highest BCUT2D eigenvalue weighted by molar-refractivity contribution is 6.44. The van der Waals surface area contributed by atoms with Gasteiger partial charge in [-0.15, -0.1) is 0 Å². The van der Waals surface area contributed by atoms with Crippen molar-refractivity contribution in [3.05, 3.63) is 58.3 Å². The fourth-order valence-corrected chi connectivity index (χ4v) is 2.73. The Morgan fingerprint density at radius 3 is 2.58 bits per heavy atom. The van der Waals surface area contributed by atoms with Gasteiger partial charge in [0, 0.05) is 18.9 Å². The van der Waals surface area contributed by atoms with Crippen molar-refractivity contribution in [1.29, 1.82) is 0 Å². The van der Waals surface area contributed by atoms with Crippen molar-refractivity contribution >= 4 is 40.7 Å². The van der Waals surface area contributed by atoms with Crippen molar-refractivity contribution in [2.24, 2.45) is 5.41 Å². The van der Waals surface area contributed by atoms with E-state index in [0.717, 1.165) is 5.56 Å². The summed E-state index contributed by atoms with van der Waals surface area (Å²) < 4.78 is 0. The molecule has 5 nitrogen and oxygen atoms in total. The van der Waals surface area contributed by atoms with Crippen molar-refractivity contribution in [2.75, 3.05) is 5.32 Å². The molecule has 124 valence electrons. The standard InChI is InChI=1S/C17H15Cl2N3O2/c18-12-4-1-5-13(14(12)19)22-16(24)17(6-7-17)15(23)21-10-11-3-2-8-20-9-11/h1-5,8-9H,6-7,10H2,(H,21,23)(H,22,24). The second-order valence-corrected chi connectivity index (χ2v) is 6.47. The zero-order valence-corrected chi connectivity index (χ0v) is 14.2. The van der Waals surface area contributed by atoms with E-state index in [4.69, 9.17) is 23.2 Å². The lowest BCUT2D eigenvalue weighted by atomic mass is 10.0. The third kappa shape index (κ3) is 3.37. The number of anilines is 1. The van der Waals surface area contributed by atoms with Crippen molar-refractivity contribution in [1.82, 2.24) is 10.3 Å². The molecule has 0 aliphatic heterocycles. The lowest BCUT2D eigenvalue weighted by Crippen LogP contribution is -2.39. The van der Waals surface area contributed by atoms with Crippen LogP contribution in [0.5, 0.6) is 0 Å². The van der Waals surface area contributed by atoms with Gasteiger partial charge in [-0.1, -0.05) is 35.3 Å². The van der Waals surface area contributed by atoms with Gasteiger partial charge in [0.1, 0.15) is 5.41 Å². The molecule has 1 aromatic carbocycles. The van der Waals surface area contributed by atoms with E-state index in [0.29, 0.717) is 30.1 Å². The molecule has 7 heteroatoms. The van der Waals surface area contributed by atoms with Crippen molar-refractivity contribution in [2.45, 2.75) is 19.4 Å². The molecular weight excluding hydrogens is 349 g/mol. The first-order chi connectivity index (χ1) is 11.5. The van der Waals surface area contributed by atoms with Gasteiger partial charge in [0.2, 0.25) is 11.8 Å². The minimum atomic E-state index is -1.03. The molecule has 0 atom stereocenters. The van der Waals surface area contributed by atoms with Crippen LogP contribution in [0.15, 0.2) is 42.7 Å². The van der Waals surface area contributed by atoms with E-state index in [1.807, 2.05) is 6.07 Å². The Hall–Kier alpha value is -2.11. The molecule has 0 saturated heterocycles. The van der Waals surface area contributed by atoms with Gasteiger partial charge in [-0.3, -0.25) is 14.6 Å². The number of carbonyl (C=O) groups excluding carboxylic acids is 2. The summed E-state index contributed by atoms with van der Waals surface area (Å²) in [5, 5.41) is 6.11. The van der Waals surface area contributed by atoms with Crippen LogP contribution >= 0.6 is 23.2 Å². The SMILES string of the molecule is O=C(NCc1cccnc1)C1(C(=O)Nc2cccc(Cl)c2Cl)CC1. The van der Waals surface area contributed by atoms with Gasteiger partial charge in [0.05, 0.1) is 15.7 Å². The summed E-state index contributed by atoms with van der Waals surface area (Å²) >= 11 is 12.0. The summed E-state index contributed by atoms with van der Waals surface area (Å²) in [4.78, 5) is 29.0. The number of nitrogens with one attached hydrogen (secondary N) is 2. The maximum absolute atomic E-state index is 12.5. The molecule has 1 aliphatic rings. The van der Waals surface area contributed by atoms with E-state index < -0.39 is 5.41 Å². The van der Waals surface area contributed by atoms with Gasteiger partial charge >= 0.3 is 0 Å². The lowest BCUT2D eigenvalue weighted by molar-refractivity contribution is -0.134. The number of rotatable bonds is 5. The van der Waals surface area contributed by atoms with Crippen LogP contribution < -0.4 is 10.6 Å². The Morgan fingerprint density at radius 2 is 1.92 bits per heavy atom. The number of hydrogen-bond donors (Lipinski definition) is 2. The minimum absolute atomic E-state index is 0.263. The summed E-state index contributed by atoms with van der Waals surface area (Å²) in [5.41, 5.74) is 0.244. The monoisotopic (exact) mass is 363 g/mol. The van der Waals surface area contributed by atoms with E-state index in [1.54, 1.807) is 36.7 Å². The smallest absolute Gasteiger partial charge is 0.240 e. The highest BCUT2D eigenvalue weighted by Crippen LogP contribution is 2.47. The largest absolute Gasteiger partial charge is 0.351 e. The number of aromatic nitrogens is 1. The summed E-state index contributed by atoms with van der Waals surface area (Å²) in [5.74, 6) is -0.655. The number of pyridine rings is 1. The van der Waals surface area contributed by atoms with Crippen LogP contribution in [-0.4, -0.2) is 16.8 Å². The lowest BCUT2D eigenvalue weighted by Gasteiger charge is -2.16. The predicted molar refractivity (Wildman–Crippen MR) is 92.8 cm³/mol. The molecule has 1 saturated carbocycles. The van der Waals surface area contributed by atoms with E-state index in [-0.39, 0.29) is 16.8 Å². The average molecular weight is 364 g/mol. The topological polar surface area (TPSA) is 71.1 Å². The van der Waals surface area contributed by atoms with E-state index in [2.05, 4.69) is 15.6 Å². The molecule has 2 amide bonds. The fraction of sp³-hybridized carbons (Fsp3) is 0.235. The first-order valence-electron chi connectivity index (χ1n) is 7.45. The number of hydrogen-bond acceptors (Lipinski definition) is 3. The minimum Gasteiger partial charge on any atom is -0.351 e. The molecule has 0 spiro atoms. The first kappa shape index (κ1) is 16.7. The summed E-state index contributed by atoms with van der Waals surface area (Å²) in [6, 6.07) is 8.62. The number of nitrogens with zero attached hydrogens (tertiary/aromatic N) is 1. The molecule has 2 aromatic rings. The van der Waals surface area contributed by atoms with Crippen LogP contribution in [0.3, 0.4) is 0 Å². The summed E-state index contributed by atoms with van der Waals surface area (Å²) in [6.07, 6.45) is 4.35. The van der Waals surface area contributed by atoms with Crippen molar-refractivity contribution < 1.29 is 9.59 Å². The molecule has 1 fully saturated rings. The molecule has 0 bridgehead atoms. The molecular formula is C17H15Cl2N3O2. The summed E-state index contributed by atoms with van der Waals surface area (Å²) in [7, 11) is 0. The maximum Gasteiger partial charge on any atom is 0.240 e. The Kier molecular flexibility index (Phi) is 4.73. The van der Waals surface area contributed by atoms with Gasteiger partial charge in [-0.2, -0.15) is 0 Å². The molecule has 0 unspecified atom stereocenters. The maximum atomic E-state index is 12.5. The van der Waals surface area contributed by atoms with Gasteiger partial charge < -0.3 is 10.6 Å². The van der Waals surface area contributed by atoms with Crippen LogP contribution in [0.2, 0.25) is 10.0 Å². The highest BCUT2D eigenvalue weighted by Gasteiger charge is 2.56. The molecule has 1 aromatic heterocycles. The molecule has 0 radical (unpaired) electrons. The van der Waals surface area contributed by atoms with Crippen LogP contribution in [0.25, 0.3) is 0 Å². The Morgan fingerprint density at radius 1 is 1.12 bits per heavy atom. The van der Waals surface area contributed by atoms with Crippen LogP contribution in [0, 0.1) is 5.41 Å². The van der Waals surface area contributed by atoms with Gasteiger partial charge in [0.15, 0.2) is 0 Å². The Labute approximate surface area is 149 Å². The third-order valence-corrected chi connectivity index (χ3v) is 4.81. The van der Waals surface area contributed by atoms with Crippen molar-refractivity contribution in [3.8, 4) is 0 Å². The number of halogens is 2. The van der Waals surface area contributed by atoms with Gasteiger partial charge in [-0.25, -0.2) is 0 Å². The second-order valence-electron chi connectivity index (χ2n) is 5.68. The van der Waals surface area contributed by atoms with Gasteiger partial charge in [0.25, 0.3) is 0 Å². The van der Waals surface area contributed by atoms with E-state index >= 15 is 0 Å². The predicted octanol–water partition coefficient (Wildman–Crippen LogP) is 3.42. The third-order valence-electron chi connectivity index (χ3n) is 3.99. The van der Waals surface area contributed by atoms with E-state index in [9.17, 15) is 9.59 Å². The van der Waals surface area contributed by atoms with Gasteiger partial charge in [-0.05, 0) is 36.6 Å². The Balaban J connectivity index is 1.65.